The van der Waals surface area contributed by atoms with E-state index < -0.39 is 11.7 Å². The third-order valence-corrected chi connectivity index (χ3v) is 4.92. The van der Waals surface area contributed by atoms with E-state index in [1.165, 1.54) is 17.7 Å². The van der Waals surface area contributed by atoms with Crippen LogP contribution in [0.5, 0.6) is 0 Å². The van der Waals surface area contributed by atoms with E-state index in [-0.39, 0.29) is 11.3 Å². The molecule has 0 aliphatic heterocycles. The van der Waals surface area contributed by atoms with E-state index in [2.05, 4.69) is 12.1 Å². The van der Waals surface area contributed by atoms with E-state index in [9.17, 15) is 18.0 Å². The fourth-order valence-electron chi connectivity index (χ4n) is 2.42. The lowest BCUT2D eigenvalue weighted by Crippen LogP contribution is -2.06. The third kappa shape index (κ3) is 4.55. The molecule has 5 heteroatoms. The molecule has 1 nitrogen and oxygen atoms in total. The Balaban J connectivity index is 1.67. The molecule has 26 heavy (non-hydrogen) atoms. The van der Waals surface area contributed by atoms with Gasteiger partial charge in [0.2, 0.25) is 0 Å². The van der Waals surface area contributed by atoms with Gasteiger partial charge in [-0.15, -0.1) is 11.8 Å². The van der Waals surface area contributed by atoms with Crippen LogP contribution in [0.2, 0.25) is 0 Å². The molecule has 3 aromatic rings. The smallest absolute Gasteiger partial charge is 0.289 e. The summed E-state index contributed by atoms with van der Waals surface area (Å²) in [7, 11) is 0. The normalized spacial score (nSPS) is 11.3. The molecule has 0 bridgehead atoms. The summed E-state index contributed by atoms with van der Waals surface area (Å²) in [5.41, 5.74) is 1.14. The maximum absolute atomic E-state index is 12.6. The third-order valence-electron chi connectivity index (χ3n) is 3.84. The first-order valence-corrected chi connectivity index (χ1v) is 8.91. The maximum atomic E-state index is 12.6. The lowest BCUT2D eigenvalue weighted by molar-refractivity contribution is -0.137. The Bertz CT molecular complexity index is 870. The Morgan fingerprint density at radius 1 is 0.769 bits per heavy atom. The van der Waals surface area contributed by atoms with Gasteiger partial charge in [0, 0.05) is 21.8 Å². The van der Waals surface area contributed by atoms with Gasteiger partial charge in [0.25, 0.3) is 0 Å². The fourth-order valence-corrected chi connectivity index (χ4v) is 3.28. The van der Waals surface area contributed by atoms with Crippen LogP contribution in [-0.2, 0) is 11.9 Å². The highest BCUT2D eigenvalue weighted by molar-refractivity contribution is 7.98. The van der Waals surface area contributed by atoms with E-state index in [1.54, 1.807) is 23.9 Å². The minimum atomic E-state index is -4.40. The standard InChI is InChI=1S/C21H15F3OS/c22-21(23,24)18-10-6-16(7-11-18)20(25)17-8-12-19(13-9-17)26-14-15-4-2-1-3-5-15/h1-13H,14H2. The minimum Gasteiger partial charge on any atom is -0.289 e. The Kier molecular flexibility index (Phi) is 5.47. The fraction of sp³-hybridized carbons (Fsp3) is 0.0952. The van der Waals surface area contributed by atoms with Crippen LogP contribution in [0.25, 0.3) is 0 Å². The topological polar surface area (TPSA) is 17.1 Å². The molecule has 0 spiro atoms. The first-order chi connectivity index (χ1) is 12.4. The highest BCUT2D eigenvalue weighted by Gasteiger charge is 2.30. The Hall–Kier alpha value is -2.53. The zero-order valence-electron chi connectivity index (χ0n) is 13.7. The van der Waals surface area contributed by atoms with Crippen molar-refractivity contribution in [2.75, 3.05) is 0 Å². The number of carbonyl (C=O) groups is 1. The van der Waals surface area contributed by atoms with Crippen LogP contribution in [0, 0.1) is 0 Å². The Morgan fingerprint density at radius 2 is 1.31 bits per heavy atom. The quantitative estimate of drug-likeness (QED) is 0.390. The number of ketones is 1. The molecule has 0 amide bonds. The van der Waals surface area contributed by atoms with Crippen LogP contribution in [0.1, 0.15) is 27.0 Å². The number of carbonyl (C=O) groups excluding carboxylic acids is 1. The van der Waals surface area contributed by atoms with Crippen molar-refractivity contribution < 1.29 is 18.0 Å². The van der Waals surface area contributed by atoms with Crippen LogP contribution in [0.4, 0.5) is 13.2 Å². The predicted molar refractivity (Wildman–Crippen MR) is 97.3 cm³/mol. The van der Waals surface area contributed by atoms with Gasteiger partial charge in [0.1, 0.15) is 0 Å². The van der Waals surface area contributed by atoms with Gasteiger partial charge >= 0.3 is 6.18 Å². The molecule has 132 valence electrons. The maximum Gasteiger partial charge on any atom is 0.416 e. The molecule has 0 saturated heterocycles. The number of rotatable bonds is 5. The van der Waals surface area contributed by atoms with Gasteiger partial charge in [-0.05, 0) is 42.0 Å². The van der Waals surface area contributed by atoms with Crippen LogP contribution >= 0.6 is 11.8 Å². The molecule has 0 unspecified atom stereocenters. The molecule has 0 saturated carbocycles. The highest BCUT2D eigenvalue weighted by Crippen LogP contribution is 2.29. The second-order valence-electron chi connectivity index (χ2n) is 5.70. The summed E-state index contributed by atoms with van der Waals surface area (Å²) in [4.78, 5) is 13.4. The van der Waals surface area contributed by atoms with Gasteiger partial charge < -0.3 is 0 Å². The zero-order chi connectivity index (χ0) is 18.6. The van der Waals surface area contributed by atoms with Crippen molar-refractivity contribution >= 4 is 17.5 Å². The van der Waals surface area contributed by atoms with Crippen molar-refractivity contribution in [2.45, 2.75) is 16.8 Å². The Morgan fingerprint density at radius 3 is 1.85 bits per heavy atom. The Labute approximate surface area is 153 Å². The number of halogens is 3. The van der Waals surface area contributed by atoms with Gasteiger partial charge in [-0.25, -0.2) is 0 Å². The minimum absolute atomic E-state index is 0.239. The van der Waals surface area contributed by atoms with Crippen molar-refractivity contribution in [3.05, 3.63) is 101 Å². The molecule has 0 N–H and O–H groups in total. The summed E-state index contributed by atoms with van der Waals surface area (Å²) in [6, 6.07) is 21.4. The highest BCUT2D eigenvalue weighted by atomic mass is 32.2. The van der Waals surface area contributed by atoms with Crippen molar-refractivity contribution in [3.8, 4) is 0 Å². The first-order valence-electron chi connectivity index (χ1n) is 7.92. The van der Waals surface area contributed by atoms with Crippen LogP contribution < -0.4 is 0 Å². The molecule has 0 radical (unpaired) electrons. The molecular weight excluding hydrogens is 357 g/mol. The average molecular weight is 372 g/mol. The summed E-state index contributed by atoms with van der Waals surface area (Å²) in [5.74, 6) is 0.533. The van der Waals surface area contributed by atoms with Gasteiger partial charge in [0.15, 0.2) is 5.78 Å². The van der Waals surface area contributed by atoms with E-state index in [4.69, 9.17) is 0 Å². The second-order valence-corrected chi connectivity index (χ2v) is 6.75. The number of hydrogen-bond donors (Lipinski definition) is 0. The van der Waals surface area contributed by atoms with E-state index in [1.807, 2.05) is 30.3 Å². The van der Waals surface area contributed by atoms with Gasteiger partial charge in [0.05, 0.1) is 5.56 Å². The molecule has 0 atom stereocenters. The number of benzene rings is 3. The molecule has 0 aliphatic rings. The van der Waals surface area contributed by atoms with E-state index >= 15 is 0 Å². The summed E-state index contributed by atoms with van der Waals surface area (Å²) in [6.07, 6.45) is -4.40. The lowest BCUT2D eigenvalue weighted by atomic mass is 10.0. The second kappa shape index (κ2) is 7.79. The molecular formula is C21H15F3OS. The van der Waals surface area contributed by atoms with Gasteiger partial charge in [-0.2, -0.15) is 13.2 Å². The summed E-state index contributed by atoms with van der Waals surface area (Å²) < 4.78 is 37.8. The van der Waals surface area contributed by atoms with Crippen LogP contribution in [0.3, 0.4) is 0 Å². The SMILES string of the molecule is O=C(c1ccc(SCc2ccccc2)cc1)c1ccc(C(F)(F)F)cc1. The molecule has 0 heterocycles. The number of thioether (sulfide) groups is 1. The summed E-state index contributed by atoms with van der Waals surface area (Å²) >= 11 is 1.66. The van der Waals surface area contributed by atoms with Crippen molar-refractivity contribution in [1.82, 2.24) is 0 Å². The molecule has 0 fully saturated rings. The number of hydrogen-bond acceptors (Lipinski definition) is 2. The summed E-state index contributed by atoms with van der Waals surface area (Å²) in [6.45, 7) is 0. The molecule has 0 aromatic heterocycles. The van der Waals surface area contributed by atoms with Crippen molar-refractivity contribution in [3.63, 3.8) is 0 Å². The molecule has 3 rings (SSSR count). The monoisotopic (exact) mass is 372 g/mol. The predicted octanol–water partition coefficient (Wildman–Crippen LogP) is 6.23. The van der Waals surface area contributed by atoms with E-state index in [0.29, 0.717) is 5.56 Å². The van der Waals surface area contributed by atoms with Crippen molar-refractivity contribution in [2.24, 2.45) is 0 Å². The average Bonchev–Trinajstić information content (AvgIpc) is 2.66. The summed E-state index contributed by atoms with van der Waals surface area (Å²) in [5, 5.41) is 0. The first kappa shape index (κ1) is 18.3. The van der Waals surface area contributed by atoms with Crippen molar-refractivity contribution in [1.29, 1.82) is 0 Å². The van der Waals surface area contributed by atoms with Gasteiger partial charge in [-0.3, -0.25) is 4.79 Å². The van der Waals surface area contributed by atoms with Crippen LogP contribution in [0.15, 0.2) is 83.8 Å². The largest absolute Gasteiger partial charge is 0.416 e. The number of alkyl halides is 3. The van der Waals surface area contributed by atoms with E-state index in [0.717, 1.165) is 22.8 Å². The molecule has 0 aliphatic carbocycles. The zero-order valence-corrected chi connectivity index (χ0v) is 14.5. The van der Waals surface area contributed by atoms with Gasteiger partial charge in [-0.1, -0.05) is 42.5 Å². The lowest BCUT2D eigenvalue weighted by Gasteiger charge is -2.08. The van der Waals surface area contributed by atoms with Crippen LogP contribution in [-0.4, -0.2) is 5.78 Å². The molecule has 3 aromatic carbocycles.